The van der Waals surface area contributed by atoms with Gasteiger partial charge in [0.2, 0.25) is 5.91 Å². The Morgan fingerprint density at radius 3 is 2.33 bits per heavy atom. The van der Waals surface area contributed by atoms with Crippen molar-refractivity contribution in [3.63, 3.8) is 0 Å². The zero-order valence-corrected chi connectivity index (χ0v) is 11.7. The Kier molecular flexibility index (Phi) is 5.01. The lowest BCUT2D eigenvalue weighted by atomic mass is 10.1. The molecule has 1 N–H and O–H groups in total. The first-order valence-electron chi connectivity index (χ1n) is 6.06. The molecule has 0 unspecified atom stereocenters. The van der Waals surface area contributed by atoms with Gasteiger partial charge in [-0.05, 0) is 25.0 Å². The number of rotatable bonds is 5. The minimum absolute atomic E-state index is 0.00232. The molecule has 4 heteroatoms. The summed E-state index contributed by atoms with van der Waals surface area (Å²) in [6.07, 6.45) is 0.818. The van der Waals surface area contributed by atoms with Crippen molar-refractivity contribution in [2.24, 2.45) is 5.92 Å². The Labute approximate surface area is 108 Å². The van der Waals surface area contributed by atoms with Crippen LogP contribution >= 0.6 is 0 Å². The third-order valence-electron chi connectivity index (χ3n) is 3.05. The molecule has 0 bridgehead atoms. The molecule has 0 fully saturated rings. The van der Waals surface area contributed by atoms with E-state index in [4.69, 9.17) is 9.47 Å². The van der Waals surface area contributed by atoms with Gasteiger partial charge in [0.15, 0.2) is 11.5 Å². The van der Waals surface area contributed by atoms with Gasteiger partial charge >= 0.3 is 0 Å². The smallest absolute Gasteiger partial charge is 0.227 e. The molecule has 1 atom stereocenters. The van der Waals surface area contributed by atoms with E-state index < -0.39 is 0 Å². The molecule has 0 saturated carbocycles. The molecule has 0 aliphatic carbocycles. The molecule has 1 aromatic carbocycles. The highest BCUT2D eigenvalue weighted by Gasteiger charge is 2.14. The van der Waals surface area contributed by atoms with E-state index in [0.717, 1.165) is 17.7 Å². The molecule has 1 aromatic rings. The second-order valence-electron chi connectivity index (χ2n) is 4.32. The molecule has 1 amide bonds. The average molecular weight is 251 g/mol. The summed E-state index contributed by atoms with van der Waals surface area (Å²) in [5.74, 6) is 1.30. The topological polar surface area (TPSA) is 47.6 Å². The maximum Gasteiger partial charge on any atom is 0.227 e. The second-order valence-corrected chi connectivity index (χ2v) is 4.32. The van der Waals surface area contributed by atoms with Gasteiger partial charge in [0, 0.05) is 17.7 Å². The van der Waals surface area contributed by atoms with Crippen molar-refractivity contribution < 1.29 is 14.3 Å². The van der Waals surface area contributed by atoms with Crippen LogP contribution in [0.15, 0.2) is 12.1 Å². The van der Waals surface area contributed by atoms with Crippen molar-refractivity contribution >= 4 is 11.6 Å². The number of nitrogens with one attached hydrogen (secondary N) is 1. The van der Waals surface area contributed by atoms with E-state index in [9.17, 15) is 4.79 Å². The number of benzene rings is 1. The zero-order valence-electron chi connectivity index (χ0n) is 11.7. The number of ether oxygens (including phenoxy) is 2. The molecule has 0 aromatic heterocycles. The number of anilines is 1. The number of hydrogen-bond acceptors (Lipinski definition) is 3. The fraction of sp³-hybridized carbons (Fsp3) is 0.500. The molecule has 100 valence electrons. The van der Waals surface area contributed by atoms with Crippen LogP contribution in [0, 0.1) is 12.8 Å². The Morgan fingerprint density at radius 2 is 1.83 bits per heavy atom. The van der Waals surface area contributed by atoms with Crippen LogP contribution in [0.4, 0.5) is 5.69 Å². The third-order valence-corrected chi connectivity index (χ3v) is 3.05. The summed E-state index contributed by atoms with van der Waals surface area (Å²) in [5, 5.41) is 2.91. The Bertz CT molecular complexity index is 429. The minimum Gasteiger partial charge on any atom is -0.493 e. The highest BCUT2D eigenvalue weighted by molar-refractivity contribution is 5.93. The lowest BCUT2D eigenvalue weighted by Gasteiger charge is -2.15. The van der Waals surface area contributed by atoms with E-state index >= 15 is 0 Å². The van der Waals surface area contributed by atoms with Gasteiger partial charge in [0.25, 0.3) is 0 Å². The van der Waals surface area contributed by atoms with Crippen LogP contribution < -0.4 is 14.8 Å². The van der Waals surface area contributed by atoms with Crippen LogP contribution in [0.1, 0.15) is 25.8 Å². The van der Waals surface area contributed by atoms with Crippen LogP contribution in [-0.2, 0) is 4.79 Å². The first kappa shape index (κ1) is 14.4. The maximum atomic E-state index is 11.9. The molecule has 0 radical (unpaired) electrons. The standard InChI is InChI=1S/C14H21NO3/c1-6-9(2)14(16)15-11-8-13(18-5)12(17-4)7-10(11)3/h7-9H,6H2,1-5H3,(H,15,16)/t9-/m0/s1. The molecule has 4 nitrogen and oxygen atoms in total. The van der Waals surface area contributed by atoms with Gasteiger partial charge in [-0.15, -0.1) is 0 Å². The number of carbonyl (C=O) groups is 1. The number of aryl methyl sites for hydroxylation is 1. The van der Waals surface area contributed by atoms with E-state index in [1.807, 2.05) is 26.8 Å². The summed E-state index contributed by atoms with van der Waals surface area (Å²) in [4.78, 5) is 11.9. The Morgan fingerprint density at radius 1 is 1.28 bits per heavy atom. The van der Waals surface area contributed by atoms with Gasteiger partial charge in [0.1, 0.15) is 0 Å². The predicted octanol–water partition coefficient (Wildman–Crippen LogP) is 3.00. The normalized spacial score (nSPS) is 11.8. The molecular formula is C14H21NO3. The van der Waals surface area contributed by atoms with Crippen molar-refractivity contribution in [2.75, 3.05) is 19.5 Å². The monoisotopic (exact) mass is 251 g/mol. The zero-order chi connectivity index (χ0) is 13.7. The first-order chi connectivity index (χ1) is 8.53. The average Bonchev–Trinajstić information content (AvgIpc) is 2.39. The first-order valence-corrected chi connectivity index (χ1v) is 6.06. The number of amides is 1. The third kappa shape index (κ3) is 3.15. The van der Waals surface area contributed by atoms with Gasteiger partial charge in [-0.2, -0.15) is 0 Å². The lowest BCUT2D eigenvalue weighted by molar-refractivity contribution is -0.119. The number of carbonyl (C=O) groups excluding carboxylic acids is 1. The predicted molar refractivity (Wildman–Crippen MR) is 72.4 cm³/mol. The molecule has 1 rings (SSSR count). The van der Waals surface area contributed by atoms with Crippen molar-refractivity contribution in [3.8, 4) is 11.5 Å². The fourth-order valence-corrected chi connectivity index (χ4v) is 1.56. The van der Waals surface area contributed by atoms with E-state index in [2.05, 4.69) is 5.32 Å². The molecule has 0 aliphatic rings. The Hall–Kier alpha value is -1.71. The van der Waals surface area contributed by atoms with Crippen LogP contribution in [0.2, 0.25) is 0 Å². The lowest BCUT2D eigenvalue weighted by Crippen LogP contribution is -2.20. The Balaban J connectivity index is 2.99. The summed E-state index contributed by atoms with van der Waals surface area (Å²) in [6.45, 7) is 5.82. The summed E-state index contributed by atoms with van der Waals surface area (Å²) in [5.41, 5.74) is 1.71. The van der Waals surface area contributed by atoms with E-state index in [1.165, 1.54) is 0 Å². The number of methoxy groups -OCH3 is 2. The summed E-state index contributed by atoms with van der Waals surface area (Å²) in [6, 6.07) is 3.64. The van der Waals surface area contributed by atoms with Gasteiger partial charge in [0.05, 0.1) is 14.2 Å². The molecule has 0 saturated heterocycles. The summed E-state index contributed by atoms with van der Waals surface area (Å²) >= 11 is 0. The van der Waals surface area contributed by atoms with Gasteiger partial charge in [-0.1, -0.05) is 13.8 Å². The SMILES string of the molecule is CC[C@H](C)C(=O)Nc1cc(OC)c(OC)cc1C. The van der Waals surface area contributed by atoms with Gasteiger partial charge < -0.3 is 14.8 Å². The highest BCUT2D eigenvalue weighted by atomic mass is 16.5. The van der Waals surface area contributed by atoms with Crippen molar-refractivity contribution in [2.45, 2.75) is 27.2 Å². The van der Waals surface area contributed by atoms with E-state index in [0.29, 0.717) is 11.5 Å². The van der Waals surface area contributed by atoms with Crippen molar-refractivity contribution in [1.29, 1.82) is 0 Å². The van der Waals surface area contributed by atoms with E-state index in [-0.39, 0.29) is 11.8 Å². The second kappa shape index (κ2) is 6.28. The fourth-order valence-electron chi connectivity index (χ4n) is 1.56. The maximum absolute atomic E-state index is 11.9. The van der Waals surface area contributed by atoms with Crippen molar-refractivity contribution in [3.05, 3.63) is 17.7 Å². The van der Waals surface area contributed by atoms with Crippen LogP contribution in [-0.4, -0.2) is 20.1 Å². The largest absolute Gasteiger partial charge is 0.493 e. The minimum atomic E-state index is -0.00232. The molecule has 18 heavy (non-hydrogen) atoms. The highest BCUT2D eigenvalue weighted by Crippen LogP contribution is 2.33. The molecular weight excluding hydrogens is 230 g/mol. The number of hydrogen-bond donors (Lipinski definition) is 1. The van der Waals surface area contributed by atoms with Gasteiger partial charge in [-0.25, -0.2) is 0 Å². The quantitative estimate of drug-likeness (QED) is 0.875. The van der Waals surface area contributed by atoms with Crippen LogP contribution in [0.3, 0.4) is 0 Å². The molecule has 0 heterocycles. The summed E-state index contributed by atoms with van der Waals surface area (Å²) < 4.78 is 10.4. The van der Waals surface area contributed by atoms with Crippen LogP contribution in [0.25, 0.3) is 0 Å². The summed E-state index contributed by atoms with van der Waals surface area (Å²) in [7, 11) is 3.17. The van der Waals surface area contributed by atoms with Crippen LogP contribution in [0.5, 0.6) is 11.5 Å². The molecule has 0 spiro atoms. The van der Waals surface area contributed by atoms with E-state index in [1.54, 1.807) is 20.3 Å². The molecule has 0 aliphatic heterocycles. The van der Waals surface area contributed by atoms with Gasteiger partial charge in [-0.3, -0.25) is 4.79 Å². The van der Waals surface area contributed by atoms with Crippen molar-refractivity contribution in [1.82, 2.24) is 0 Å².